The first kappa shape index (κ1) is 9.26. The predicted octanol–water partition coefficient (Wildman–Crippen LogP) is 1.39. The van der Waals surface area contributed by atoms with Crippen molar-refractivity contribution >= 4 is 0 Å². The van der Waals surface area contributed by atoms with Crippen LogP contribution in [-0.4, -0.2) is 9.78 Å². The SMILES string of the molecule is CCC(C)Cn1cc(CN)cn1. The molecular formula is C9H17N3. The second-order valence-corrected chi connectivity index (χ2v) is 3.29. The lowest BCUT2D eigenvalue weighted by Crippen LogP contribution is -2.06. The Balaban J connectivity index is 2.52. The van der Waals surface area contributed by atoms with Crippen LogP contribution in [0, 0.1) is 5.92 Å². The monoisotopic (exact) mass is 167 g/mol. The van der Waals surface area contributed by atoms with Crippen LogP contribution in [0.1, 0.15) is 25.8 Å². The Morgan fingerprint density at radius 3 is 2.92 bits per heavy atom. The van der Waals surface area contributed by atoms with E-state index in [4.69, 9.17) is 5.73 Å². The van der Waals surface area contributed by atoms with Crippen LogP contribution in [0.3, 0.4) is 0 Å². The molecule has 0 radical (unpaired) electrons. The number of hydrogen-bond acceptors (Lipinski definition) is 2. The minimum atomic E-state index is 0.584. The van der Waals surface area contributed by atoms with Gasteiger partial charge in [-0.3, -0.25) is 4.68 Å². The molecule has 1 unspecified atom stereocenters. The summed E-state index contributed by atoms with van der Waals surface area (Å²) in [6.45, 7) is 6.00. The number of nitrogens with two attached hydrogens (primary N) is 1. The molecule has 1 atom stereocenters. The number of nitrogens with zero attached hydrogens (tertiary/aromatic N) is 2. The van der Waals surface area contributed by atoms with Crippen LogP contribution in [0.5, 0.6) is 0 Å². The summed E-state index contributed by atoms with van der Waals surface area (Å²) in [6, 6.07) is 0. The van der Waals surface area contributed by atoms with Crippen molar-refractivity contribution < 1.29 is 0 Å². The van der Waals surface area contributed by atoms with Crippen LogP contribution >= 0.6 is 0 Å². The van der Waals surface area contributed by atoms with Crippen LogP contribution in [0.25, 0.3) is 0 Å². The van der Waals surface area contributed by atoms with Gasteiger partial charge < -0.3 is 5.73 Å². The molecule has 0 aromatic carbocycles. The Kier molecular flexibility index (Phi) is 3.29. The summed E-state index contributed by atoms with van der Waals surface area (Å²) in [6.07, 6.45) is 5.05. The summed E-state index contributed by atoms with van der Waals surface area (Å²) >= 11 is 0. The van der Waals surface area contributed by atoms with Crippen molar-refractivity contribution in [3.8, 4) is 0 Å². The van der Waals surface area contributed by atoms with E-state index in [9.17, 15) is 0 Å². The summed E-state index contributed by atoms with van der Waals surface area (Å²) < 4.78 is 1.97. The summed E-state index contributed by atoms with van der Waals surface area (Å²) in [5.74, 6) is 0.690. The Morgan fingerprint density at radius 1 is 1.67 bits per heavy atom. The Labute approximate surface area is 73.6 Å². The maximum atomic E-state index is 5.47. The van der Waals surface area contributed by atoms with Gasteiger partial charge in [0.1, 0.15) is 0 Å². The lowest BCUT2D eigenvalue weighted by Gasteiger charge is -2.07. The zero-order chi connectivity index (χ0) is 8.97. The van der Waals surface area contributed by atoms with Gasteiger partial charge in [0.25, 0.3) is 0 Å². The summed E-state index contributed by atoms with van der Waals surface area (Å²) in [5.41, 5.74) is 6.58. The molecule has 1 rings (SSSR count). The van der Waals surface area contributed by atoms with Crippen molar-refractivity contribution in [2.45, 2.75) is 33.4 Å². The third-order valence-electron chi connectivity index (χ3n) is 2.12. The van der Waals surface area contributed by atoms with Gasteiger partial charge >= 0.3 is 0 Å². The fourth-order valence-corrected chi connectivity index (χ4v) is 1.06. The molecule has 0 aliphatic rings. The van der Waals surface area contributed by atoms with E-state index >= 15 is 0 Å². The van der Waals surface area contributed by atoms with Crippen LogP contribution in [0.4, 0.5) is 0 Å². The standard InChI is InChI=1S/C9H17N3/c1-3-8(2)6-12-7-9(4-10)5-11-12/h5,7-8H,3-4,6,10H2,1-2H3. The average Bonchev–Trinajstić information content (AvgIpc) is 2.52. The molecule has 3 heteroatoms. The molecule has 68 valence electrons. The van der Waals surface area contributed by atoms with E-state index in [1.807, 2.05) is 17.1 Å². The van der Waals surface area contributed by atoms with E-state index in [2.05, 4.69) is 18.9 Å². The first-order chi connectivity index (χ1) is 5.76. The van der Waals surface area contributed by atoms with Crippen LogP contribution in [0.15, 0.2) is 12.4 Å². The highest BCUT2D eigenvalue weighted by Gasteiger charge is 2.01. The van der Waals surface area contributed by atoms with Crippen LogP contribution in [0.2, 0.25) is 0 Å². The minimum Gasteiger partial charge on any atom is -0.326 e. The normalized spacial score (nSPS) is 13.2. The van der Waals surface area contributed by atoms with Gasteiger partial charge in [0.2, 0.25) is 0 Å². The Morgan fingerprint density at radius 2 is 2.42 bits per heavy atom. The van der Waals surface area contributed by atoms with Crippen molar-refractivity contribution in [3.05, 3.63) is 18.0 Å². The molecule has 0 amide bonds. The quantitative estimate of drug-likeness (QED) is 0.736. The second kappa shape index (κ2) is 4.26. The van der Waals surface area contributed by atoms with Gasteiger partial charge in [-0.15, -0.1) is 0 Å². The highest BCUT2D eigenvalue weighted by atomic mass is 15.3. The van der Waals surface area contributed by atoms with E-state index in [-0.39, 0.29) is 0 Å². The van der Waals surface area contributed by atoms with Crippen molar-refractivity contribution in [1.82, 2.24) is 9.78 Å². The average molecular weight is 167 g/mol. The number of rotatable bonds is 4. The highest BCUT2D eigenvalue weighted by Crippen LogP contribution is 2.05. The smallest absolute Gasteiger partial charge is 0.0534 e. The van der Waals surface area contributed by atoms with Crippen molar-refractivity contribution in [1.29, 1.82) is 0 Å². The fraction of sp³-hybridized carbons (Fsp3) is 0.667. The maximum absolute atomic E-state index is 5.47. The van der Waals surface area contributed by atoms with E-state index in [1.54, 1.807) is 0 Å². The number of aromatic nitrogens is 2. The van der Waals surface area contributed by atoms with Gasteiger partial charge in [-0.25, -0.2) is 0 Å². The lowest BCUT2D eigenvalue weighted by molar-refractivity contribution is 0.439. The molecule has 0 saturated carbocycles. The molecule has 2 N–H and O–H groups in total. The van der Waals surface area contributed by atoms with E-state index in [0.717, 1.165) is 12.1 Å². The molecule has 0 fully saturated rings. The zero-order valence-corrected chi connectivity index (χ0v) is 7.83. The lowest BCUT2D eigenvalue weighted by atomic mass is 10.1. The third-order valence-corrected chi connectivity index (χ3v) is 2.12. The molecule has 0 aliphatic carbocycles. The van der Waals surface area contributed by atoms with Gasteiger partial charge in [0, 0.05) is 24.8 Å². The zero-order valence-electron chi connectivity index (χ0n) is 7.83. The van der Waals surface area contributed by atoms with Crippen molar-refractivity contribution in [2.24, 2.45) is 11.7 Å². The Bertz CT molecular complexity index is 229. The van der Waals surface area contributed by atoms with Crippen molar-refractivity contribution in [3.63, 3.8) is 0 Å². The molecule has 0 bridgehead atoms. The van der Waals surface area contributed by atoms with Gasteiger partial charge in [-0.05, 0) is 5.92 Å². The van der Waals surface area contributed by atoms with E-state index in [1.165, 1.54) is 6.42 Å². The highest BCUT2D eigenvalue weighted by molar-refractivity contribution is 5.02. The van der Waals surface area contributed by atoms with Crippen LogP contribution < -0.4 is 5.73 Å². The van der Waals surface area contributed by atoms with Gasteiger partial charge in [-0.2, -0.15) is 5.10 Å². The summed E-state index contributed by atoms with van der Waals surface area (Å²) in [5, 5.41) is 4.21. The molecule has 3 nitrogen and oxygen atoms in total. The van der Waals surface area contributed by atoms with Gasteiger partial charge in [0.15, 0.2) is 0 Å². The third kappa shape index (κ3) is 2.34. The maximum Gasteiger partial charge on any atom is 0.0534 e. The molecule has 1 aromatic rings. The Hall–Kier alpha value is -0.830. The molecule has 1 aromatic heterocycles. The topological polar surface area (TPSA) is 43.8 Å². The first-order valence-electron chi connectivity index (χ1n) is 4.47. The fourth-order valence-electron chi connectivity index (χ4n) is 1.06. The minimum absolute atomic E-state index is 0.584. The second-order valence-electron chi connectivity index (χ2n) is 3.29. The molecule has 0 spiro atoms. The van der Waals surface area contributed by atoms with E-state index in [0.29, 0.717) is 12.5 Å². The summed E-state index contributed by atoms with van der Waals surface area (Å²) in [4.78, 5) is 0. The number of hydrogen-bond donors (Lipinski definition) is 1. The first-order valence-corrected chi connectivity index (χ1v) is 4.47. The predicted molar refractivity (Wildman–Crippen MR) is 49.6 cm³/mol. The molecule has 0 aliphatic heterocycles. The van der Waals surface area contributed by atoms with Crippen LogP contribution in [-0.2, 0) is 13.1 Å². The van der Waals surface area contributed by atoms with Crippen molar-refractivity contribution in [2.75, 3.05) is 0 Å². The molecular weight excluding hydrogens is 150 g/mol. The molecule has 1 heterocycles. The molecule has 0 saturated heterocycles. The largest absolute Gasteiger partial charge is 0.326 e. The summed E-state index contributed by atoms with van der Waals surface area (Å²) in [7, 11) is 0. The van der Waals surface area contributed by atoms with Gasteiger partial charge in [-0.1, -0.05) is 20.3 Å². The van der Waals surface area contributed by atoms with Gasteiger partial charge in [0.05, 0.1) is 6.20 Å². The van der Waals surface area contributed by atoms with E-state index < -0.39 is 0 Å². The molecule has 12 heavy (non-hydrogen) atoms.